The molecule has 3 aromatic carbocycles. The Morgan fingerprint density at radius 2 is 1.52 bits per heavy atom. The second-order valence-corrected chi connectivity index (χ2v) is 9.15. The van der Waals surface area contributed by atoms with Crippen molar-refractivity contribution in [3.05, 3.63) is 107 Å². The van der Waals surface area contributed by atoms with Crippen LogP contribution in [0.5, 0.6) is 0 Å². The summed E-state index contributed by atoms with van der Waals surface area (Å²) in [4.78, 5) is 24.0. The fourth-order valence-corrected chi connectivity index (χ4v) is 4.42. The standard InChI is InChI=1S/C27H27FO4S/c1-19(23-5-3-2-4-6-23)27(31)32-18-22-9-7-21(8-10-22)17-25(26(29)30)33-16-15-20-11-13-24(28)14-12-20/h2-14,19,25H,15-18H2,1H3,(H,29,30). The van der Waals surface area contributed by atoms with Gasteiger partial charge in [0.05, 0.1) is 5.92 Å². The lowest BCUT2D eigenvalue weighted by Crippen LogP contribution is -2.20. The number of thioether (sulfide) groups is 1. The lowest BCUT2D eigenvalue weighted by Gasteiger charge is -2.14. The van der Waals surface area contributed by atoms with E-state index in [4.69, 9.17) is 4.74 Å². The number of carbonyl (C=O) groups excluding carboxylic acids is 1. The number of carboxylic acids is 1. The molecule has 0 heterocycles. The van der Waals surface area contributed by atoms with Gasteiger partial charge in [-0.3, -0.25) is 9.59 Å². The highest BCUT2D eigenvalue weighted by Gasteiger charge is 2.19. The molecule has 0 saturated heterocycles. The van der Waals surface area contributed by atoms with Crippen LogP contribution in [0.3, 0.4) is 0 Å². The molecule has 1 N–H and O–H groups in total. The smallest absolute Gasteiger partial charge is 0.316 e. The second kappa shape index (κ2) is 12.2. The number of ether oxygens (including phenoxy) is 1. The molecule has 0 radical (unpaired) electrons. The Balaban J connectivity index is 1.47. The van der Waals surface area contributed by atoms with Gasteiger partial charge in [-0.05, 0) is 59.9 Å². The number of halogens is 1. The van der Waals surface area contributed by atoms with Crippen LogP contribution in [0.4, 0.5) is 4.39 Å². The van der Waals surface area contributed by atoms with Crippen molar-refractivity contribution in [2.45, 2.75) is 37.5 Å². The van der Waals surface area contributed by atoms with Crippen molar-refractivity contribution in [1.29, 1.82) is 0 Å². The molecular weight excluding hydrogens is 439 g/mol. The van der Waals surface area contributed by atoms with Gasteiger partial charge < -0.3 is 9.84 Å². The monoisotopic (exact) mass is 466 g/mol. The number of benzene rings is 3. The number of aliphatic carboxylic acids is 1. The molecule has 0 aliphatic carbocycles. The molecule has 0 aliphatic rings. The highest BCUT2D eigenvalue weighted by Crippen LogP contribution is 2.20. The van der Waals surface area contributed by atoms with Gasteiger partial charge >= 0.3 is 11.9 Å². The van der Waals surface area contributed by atoms with Gasteiger partial charge in [0.25, 0.3) is 0 Å². The fourth-order valence-electron chi connectivity index (χ4n) is 3.33. The number of carboxylic acid groups (broad SMARTS) is 1. The van der Waals surface area contributed by atoms with Gasteiger partial charge in [-0.2, -0.15) is 0 Å². The quantitative estimate of drug-likeness (QED) is 0.370. The van der Waals surface area contributed by atoms with E-state index in [1.165, 1.54) is 23.9 Å². The molecule has 0 saturated carbocycles. The van der Waals surface area contributed by atoms with Crippen LogP contribution >= 0.6 is 11.8 Å². The van der Waals surface area contributed by atoms with Crippen LogP contribution in [0, 0.1) is 5.82 Å². The normalized spacial score (nSPS) is 12.7. The third kappa shape index (κ3) is 7.75. The first kappa shape index (κ1) is 24.5. The summed E-state index contributed by atoms with van der Waals surface area (Å²) in [7, 11) is 0. The van der Waals surface area contributed by atoms with Gasteiger partial charge in [0, 0.05) is 0 Å². The summed E-state index contributed by atoms with van der Waals surface area (Å²) >= 11 is 1.38. The van der Waals surface area contributed by atoms with Gasteiger partial charge in [0.1, 0.15) is 17.7 Å². The molecule has 0 amide bonds. The van der Waals surface area contributed by atoms with Crippen LogP contribution < -0.4 is 0 Å². The summed E-state index contributed by atoms with van der Waals surface area (Å²) in [5.41, 5.74) is 3.65. The largest absolute Gasteiger partial charge is 0.480 e. The fraction of sp³-hybridized carbons (Fsp3) is 0.259. The van der Waals surface area contributed by atoms with Gasteiger partial charge in [0.15, 0.2) is 0 Å². The van der Waals surface area contributed by atoms with Crippen LogP contribution in [0.1, 0.15) is 35.1 Å². The van der Waals surface area contributed by atoms with Crippen LogP contribution in [0.25, 0.3) is 0 Å². The number of aryl methyl sites for hydroxylation is 1. The molecule has 0 spiro atoms. The van der Waals surface area contributed by atoms with Crippen LogP contribution in [0.15, 0.2) is 78.9 Å². The molecule has 2 atom stereocenters. The summed E-state index contributed by atoms with van der Waals surface area (Å²) in [6.45, 7) is 1.99. The van der Waals surface area contributed by atoms with E-state index in [1.54, 1.807) is 12.1 Å². The number of hydrogen-bond donors (Lipinski definition) is 1. The van der Waals surface area contributed by atoms with Crippen molar-refractivity contribution in [3.63, 3.8) is 0 Å². The van der Waals surface area contributed by atoms with Crippen molar-refractivity contribution >= 4 is 23.7 Å². The Kier molecular flexibility index (Phi) is 9.07. The highest BCUT2D eigenvalue weighted by atomic mass is 32.2. The third-order valence-electron chi connectivity index (χ3n) is 5.38. The molecule has 0 aliphatic heterocycles. The molecule has 3 rings (SSSR count). The van der Waals surface area contributed by atoms with Crippen molar-refractivity contribution in [2.75, 3.05) is 5.75 Å². The number of rotatable bonds is 11. The van der Waals surface area contributed by atoms with E-state index >= 15 is 0 Å². The van der Waals surface area contributed by atoms with Crippen molar-refractivity contribution < 1.29 is 23.8 Å². The Hall–Kier alpha value is -3.12. The topological polar surface area (TPSA) is 63.6 Å². The molecule has 4 nitrogen and oxygen atoms in total. The third-order valence-corrected chi connectivity index (χ3v) is 6.59. The first-order valence-electron chi connectivity index (χ1n) is 10.8. The van der Waals surface area contributed by atoms with E-state index in [1.807, 2.05) is 61.5 Å². The minimum Gasteiger partial charge on any atom is -0.480 e. The lowest BCUT2D eigenvalue weighted by atomic mass is 10.0. The zero-order valence-electron chi connectivity index (χ0n) is 18.4. The predicted octanol–water partition coefficient (Wildman–Crippen LogP) is 5.64. The summed E-state index contributed by atoms with van der Waals surface area (Å²) in [6.07, 6.45) is 1.08. The van der Waals surface area contributed by atoms with Gasteiger partial charge in [-0.15, -0.1) is 11.8 Å². The van der Waals surface area contributed by atoms with Gasteiger partial charge in [0.2, 0.25) is 0 Å². The highest BCUT2D eigenvalue weighted by molar-refractivity contribution is 8.00. The molecule has 33 heavy (non-hydrogen) atoms. The second-order valence-electron chi connectivity index (χ2n) is 7.83. The van der Waals surface area contributed by atoms with Crippen molar-refractivity contribution in [2.24, 2.45) is 0 Å². The first-order valence-corrected chi connectivity index (χ1v) is 11.9. The summed E-state index contributed by atoms with van der Waals surface area (Å²) in [5.74, 6) is -1.12. The average molecular weight is 467 g/mol. The van der Waals surface area contributed by atoms with E-state index in [0.717, 1.165) is 22.3 Å². The maximum Gasteiger partial charge on any atom is 0.316 e. The van der Waals surface area contributed by atoms with Crippen LogP contribution in [-0.4, -0.2) is 28.0 Å². The maximum atomic E-state index is 13.0. The zero-order chi connectivity index (χ0) is 23.6. The summed E-state index contributed by atoms with van der Waals surface area (Å²) in [6, 6.07) is 23.2. The van der Waals surface area contributed by atoms with E-state index in [2.05, 4.69) is 0 Å². The molecule has 2 unspecified atom stereocenters. The molecule has 3 aromatic rings. The molecule has 6 heteroatoms. The molecule has 172 valence electrons. The number of hydrogen-bond acceptors (Lipinski definition) is 4. The van der Waals surface area contributed by atoms with Crippen molar-refractivity contribution in [3.8, 4) is 0 Å². The summed E-state index contributed by atoms with van der Waals surface area (Å²) < 4.78 is 18.4. The SMILES string of the molecule is CC(C(=O)OCc1ccc(CC(SCCc2ccc(F)cc2)C(=O)O)cc1)c1ccccc1. The van der Waals surface area contributed by atoms with E-state index in [9.17, 15) is 19.1 Å². The Morgan fingerprint density at radius 3 is 2.15 bits per heavy atom. The average Bonchev–Trinajstić information content (AvgIpc) is 2.84. The Labute approximate surface area is 197 Å². The zero-order valence-corrected chi connectivity index (χ0v) is 19.3. The van der Waals surface area contributed by atoms with E-state index < -0.39 is 11.2 Å². The predicted molar refractivity (Wildman–Crippen MR) is 129 cm³/mol. The Morgan fingerprint density at radius 1 is 0.909 bits per heavy atom. The molecular formula is C27H27FO4S. The molecule has 0 bridgehead atoms. The van der Waals surface area contributed by atoms with E-state index in [0.29, 0.717) is 18.6 Å². The minimum absolute atomic E-state index is 0.172. The summed E-state index contributed by atoms with van der Waals surface area (Å²) in [5, 5.41) is 9.02. The molecule has 0 fully saturated rings. The van der Waals surface area contributed by atoms with Gasteiger partial charge in [-0.25, -0.2) is 4.39 Å². The minimum atomic E-state index is -0.855. The Bertz CT molecular complexity index is 1040. The lowest BCUT2D eigenvalue weighted by molar-refractivity contribution is -0.146. The maximum absolute atomic E-state index is 13.0. The van der Waals surface area contributed by atoms with Crippen molar-refractivity contribution in [1.82, 2.24) is 0 Å². The number of carbonyl (C=O) groups is 2. The van der Waals surface area contributed by atoms with Crippen LogP contribution in [0.2, 0.25) is 0 Å². The van der Waals surface area contributed by atoms with Gasteiger partial charge in [-0.1, -0.05) is 66.7 Å². The van der Waals surface area contributed by atoms with Crippen LogP contribution in [-0.2, 0) is 33.8 Å². The first-order chi connectivity index (χ1) is 15.9. The number of esters is 1. The molecule has 0 aromatic heterocycles. The van der Waals surface area contributed by atoms with E-state index in [-0.39, 0.29) is 24.3 Å².